The predicted octanol–water partition coefficient (Wildman–Crippen LogP) is 2.02. The molecule has 94 valence electrons. The van der Waals surface area contributed by atoms with Crippen molar-refractivity contribution in [1.29, 1.82) is 0 Å². The Bertz CT molecular complexity index is 532. The third-order valence-electron chi connectivity index (χ3n) is 3.10. The van der Waals surface area contributed by atoms with Gasteiger partial charge >= 0.3 is 0 Å². The van der Waals surface area contributed by atoms with E-state index < -0.39 is 21.7 Å². The molecule has 17 heavy (non-hydrogen) atoms. The first-order valence-electron chi connectivity index (χ1n) is 5.30. The van der Waals surface area contributed by atoms with Crippen molar-refractivity contribution in [3.63, 3.8) is 0 Å². The summed E-state index contributed by atoms with van der Waals surface area (Å²) >= 11 is 3.17. The Balaban J connectivity index is 2.23. The number of rotatable bonds is 2. The number of nitrogens with two attached hydrogens (primary N) is 1. The third-order valence-corrected chi connectivity index (χ3v) is 5.38. The molecule has 1 heterocycles. The molecular weight excluding hydrogens is 309 g/mol. The molecule has 1 fully saturated rings. The number of hydrogen-bond donors (Lipinski definition) is 1. The molecule has 1 saturated heterocycles. The van der Waals surface area contributed by atoms with Crippen LogP contribution in [0.2, 0.25) is 0 Å². The molecule has 0 aliphatic carbocycles. The van der Waals surface area contributed by atoms with Crippen molar-refractivity contribution < 1.29 is 12.8 Å². The average Bonchev–Trinajstić information content (AvgIpc) is 2.58. The highest BCUT2D eigenvalue weighted by Crippen LogP contribution is 2.31. The zero-order valence-electron chi connectivity index (χ0n) is 9.07. The fourth-order valence-corrected chi connectivity index (χ4v) is 4.32. The Kier molecular flexibility index (Phi) is 3.56. The summed E-state index contributed by atoms with van der Waals surface area (Å²) in [6.45, 7) is 0. The molecule has 1 aromatic carbocycles. The first-order chi connectivity index (χ1) is 7.89. The minimum absolute atomic E-state index is 0.0592. The van der Waals surface area contributed by atoms with Gasteiger partial charge in [-0.05, 0) is 24.5 Å². The average molecular weight is 322 g/mol. The highest BCUT2D eigenvalue weighted by molar-refractivity contribution is 9.10. The van der Waals surface area contributed by atoms with Gasteiger partial charge in [-0.25, -0.2) is 12.8 Å². The predicted molar refractivity (Wildman–Crippen MR) is 67.8 cm³/mol. The summed E-state index contributed by atoms with van der Waals surface area (Å²) in [5, 5.41) is 0. The maximum absolute atomic E-state index is 13.7. The Labute approximate surface area is 108 Å². The van der Waals surface area contributed by atoms with Crippen molar-refractivity contribution >= 4 is 25.8 Å². The fraction of sp³-hybridized carbons (Fsp3) is 0.455. The second-order valence-corrected chi connectivity index (χ2v) is 7.50. The van der Waals surface area contributed by atoms with Gasteiger partial charge in [0, 0.05) is 16.1 Å². The van der Waals surface area contributed by atoms with Crippen molar-refractivity contribution in [3.8, 4) is 0 Å². The Morgan fingerprint density at radius 2 is 2.18 bits per heavy atom. The lowest BCUT2D eigenvalue weighted by Crippen LogP contribution is -2.23. The first-order valence-corrected chi connectivity index (χ1v) is 7.91. The molecule has 0 amide bonds. The van der Waals surface area contributed by atoms with Crippen LogP contribution < -0.4 is 5.73 Å². The number of benzene rings is 1. The van der Waals surface area contributed by atoms with E-state index in [1.807, 2.05) is 0 Å². The van der Waals surface area contributed by atoms with Gasteiger partial charge in [0.25, 0.3) is 0 Å². The molecule has 2 unspecified atom stereocenters. The maximum atomic E-state index is 13.7. The van der Waals surface area contributed by atoms with Crippen molar-refractivity contribution in [2.75, 3.05) is 11.5 Å². The van der Waals surface area contributed by atoms with Gasteiger partial charge < -0.3 is 5.73 Å². The van der Waals surface area contributed by atoms with Gasteiger partial charge in [-0.2, -0.15) is 0 Å². The normalized spacial score (nSPS) is 24.8. The second kappa shape index (κ2) is 4.66. The zero-order valence-corrected chi connectivity index (χ0v) is 11.5. The highest BCUT2D eigenvalue weighted by Gasteiger charge is 2.33. The molecule has 0 radical (unpaired) electrons. The smallest absolute Gasteiger partial charge is 0.150 e. The van der Waals surface area contributed by atoms with E-state index in [-0.39, 0.29) is 17.4 Å². The zero-order chi connectivity index (χ0) is 12.6. The summed E-state index contributed by atoms with van der Waals surface area (Å²) in [7, 11) is -2.98. The van der Waals surface area contributed by atoms with Crippen LogP contribution >= 0.6 is 15.9 Å². The topological polar surface area (TPSA) is 60.2 Å². The van der Waals surface area contributed by atoms with Crippen molar-refractivity contribution in [2.24, 2.45) is 11.7 Å². The van der Waals surface area contributed by atoms with Gasteiger partial charge in [-0.3, -0.25) is 0 Å². The summed E-state index contributed by atoms with van der Waals surface area (Å²) < 4.78 is 37.0. The van der Waals surface area contributed by atoms with Gasteiger partial charge in [0.15, 0.2) is 9.84 Å². The Hall–Kier alpha value is -0.460. The van der Waals surface area contributed by atoms with Crippen LogP contribution in [0.3, 0.4) is 0 Å². The van der Waals surface area contributed by atoms with E-state index in [1.165, 1.54) is 6.07 Å². The maximum Gasteiger partial charge on any atom is 0.150 e. The lowest BCUT2D eigenvalue weighted by Gasteiger charge is -2.18. The van der Waals surface area contributed by atoms with Crippen LogP contribution in [0.1, 0.15) is 18.0 Å². The second-order valence-electron chi connectivity index (χ2n) is 4.35. The SMILES string of the molecule is NC(c1ccc(Br)cc1F)C1CCS(=O)(=O)C1. The van der Waals surface area contributed by atoms with E-state index in [9.17, 15) is 12.8 Å². The van der Waals surface area contributed by atoms with Crippen LogP contribution in [0.25, 0.3) is 0 Å². The molecule has 0 spiro atoms. The van der Waals surface area contributed by atoms with E-state index in [0.717, 1.165) is 0 Å². The van der Waals surface area contributed by atoms with Gasteiger partial charge in [-0.15, -0.1) is 0 Å². The molecule has 2 rings (SSSR count). The van der Waals surface area contributed by atoms with Gasteiger partial charge in [0.1, 0.15) is 5.82 Å². The van der Waals surface area contributed by atoms with Gasteiger partial charge in [0.2, 0.25) is 0 Å². The molecule has 0 aromatic heterocycles. The van der Waals surface area contributed by atoms with Gasteiger partial charge in [0.05, 0.1) is 11.5 Å². The summed E-state index contributed by atoms with van der Waals surface area (Å²) in [6, 6.07) is 4.11. The van der Waals surface area contributed by atoms with Gasteiger partial charge in [-0.1, -0.05) is 22.0 Å². The molecule has 3 nitrogen and oxygen atoms in total. The Morgan fingerprint density at radius 3 is 2.71 bits per heavy atom. The van der Waals surface area contributed by atoms with Crippen LogP contribution in [0, 0.1) is 11.7 Å². The lowest BCUT2D eigenvalue weighted by molar-refractivity contribution is 0.458. The molecule has 0 saturated carbocycles. The minimum Gasteiger partial charge on any atom is -0.324 e. The van der Waals surface area contributed by atoms with Crippen LogP contribution in [0.4, 0.5) is 4.39 Å². The number of sulfone groups is 1. The van der Waals surface area contributed by atoms with Crippen LogP contribution in [0.5, 0.6) is 0 Å². The fourth-order valence-electron chi connectivity index (χ4n) is 2.13. The van der Waals surface area contributed by atoms with E-state index in [4.69, 9.17) is 5.73 Å². The monoisotopic (exact) mass is 321 g/mol. The van der Waals surface area contributed by atoms with Crippen molar-refractivity contribution in [3.05, 3.63) is 34.1 Å². The van der Waals surface area contributed by atoms with Crippen LogP contribution in [-0.4, -0.2) is 19.9 Å². The summed E-state index contributed by atoms with van der Waals surface area (Å²) in [4.78, 5) is 0. The van der Waals surface area contributed by atoms with Crippen molar-refractivity contribution in [1.82, 2.24) is 0 Å². The van der Waals surface area contributed by atoms with Crippen molar-refractivity contribution in [2.45, 2.75) is 12.5 Å². The number of hydrogen-bond acceptors (Lipinski definition) is 3. The van der Waals surface area contributed by atoms with E-state index in [2.05, 4.69) is 15.9 Å². The summed E-state index contributed by atoms with van der Waals surface area (Å²) in [5.41, 5.74) is 6.34. The lowest BCUT2D eigenvalue weighted by atomic mass is 9.93. The standard InChI is InChI=1S/C11H13BrFNO2S/c12-8-1-2-9(10(13)5-8)11(14)7-3-4-17(15,16)6-7/h1-2,5,7,11H,3-4,6,14H2. The molecule has 1 aliphatic rings. The van der Waals surface area contributed by atoms with Crippen LogP contribution in [-0.2, 0) is 9.84 Å². The van der Waals surface area contributed by atoms with Crippen LogP contribution in [0.15, 0.2) is 22.7 Å². The Morgan fingerprint density at radius 1 is 1.47 bits per heavy atom. The quantitative estimate of drug-likeness (QED) is 0.906. The molecule has 1 aromatic rings. The molecule has 2 N–H and O–H groups in total. The molecule has 1 aliphatic heterocycles. The van der Waals surface area contributed by atoms with E-state index >= 15 is 0 Å². The summed E-state index contributed by atoms with van der Waals surface area (Å²) in [5.74, 6) is -0.362. The molecule has 0 bridgehead atoms. The third kappa shape index (κ3) is 2.86. The van der Waals surface area contributed by atoms with E-state index in [1.54, 1.807) is 12.1 Å². The highest BCUT2D eigenvalue weighted by atomic mass is 79.9. The first kappa shape index (κ1) is 13.0. The molecule has 2 atom stereocenters. The minimum atomic E-state index is -2.98. The molecule has 6 heteroatoms. The largest absolute Gasteiger partial charge is 0.324 e. The molecular formula is C11H13BrFNO2S. The van der Waals surface area contributed by atoms with E-state index in [0.29, 0.717) is 16.5 Å². The summed E-state index contributed by atoms with van der Waals surface area (Å²) in [6.07, 6.45) is 0.513. The number of halogens is 2.